The van der Waals surface area contributed by atoms with E-state index in [2.05, 4.69) is 47.8 Å². The van der Waals surface area contributed by atoms with Crippen LogP contribution < -0.4 is 10.2 Å². The molecule has 0 spiro atoms. The molecule has 2 saturated carbocycles. The fourth-order valence-electron chi connectivity index (χ4n) is 13.3. The Morgan fingerprint density at radius 2 is 0.887 bits per heavy atom. The van der Waals surface area contributed by atoms with Crippen molar-refractivity contribution in [1.82, 2.24) is 0 Å². The molecule has 7 heterocycles. The first-order chi connectivity index (χ1) is 38.1. The first kappa shape index (κ1) is 62.3. The van der Waals surface area contributed by atoms with Gasteiger partial charge in [-0.2, -0.15) is 26.3 Å². The number of carbonyl (C=O) groups is 4. The number of hydrogen-bond donors (Lipinski definition) is 2. The van der Waals surface area contributed by atoms with E-state index < -0.39 is 47.4 Å². The maximum absolute atomic E-state index is 13.7. The van der Waals surface area contributed by atoms with Crippen molar-refractivity contribution < 1.29 is 84.4 Å². The molecule has 80 heavy (non-hydrogen) atoms. The molecule has 6 aliphatic heterocycles. The molecule has 12 nitrogen and oxygen atoms in total. The molecule has 6 saturated heterocycles. The fraction of sp³-hybridized carbons (Fsp3) is 0.574. The number of benzene rings is 3. The predicted molar refractivity (Wildman–Crippen MR) is 283 cm³/mol. The van der Waals surface area contributed by atoms with Crippen LogP contribution in [0.4, 0.5) is 26.3 Å². The van der Waals surface area contributed by atoms with E-state index in [0.29, 0.717) is 23.0 Å². The van der Waals surface area contributed by atoms with Gasteiger partial charge in [0.05, 0.1) is 39.3 Å². The monoisotopic (exact) mass is 1140 g/mol. The van der Waals surface area contributed by atoms with Gasteiger partial charge in [0.1, 0.15) is 25.0 Å². The van der Waals surface area contributed by atoms with Crippen LogP contribution in [0.15, 0.2) is 109 Å². The number of piperidine rings is 6. The molecule has 2 N–H and O–H groups in total. The topological polar surface area (TPSA) is 173 Å². The number of ether oxygens (including phenoxy) is 2. The van der Waals surface area contributed by atoms with Gasteiger partial charge in [0.25, 0.3) is 0 Å². The van der Waals surface area contributed by atoms with E-state index in [4.69, 9.17) is 29.3 Å². The highest BCUT2D eigenvalue weighted by molar-refractivity contribution is 7.09. The highest BCUT2D eigenvalue weighted by Gasteiger charge is 2.54. The van der Waals surface area contributed by atoms with Gasteiger partial charge >= 0.3 is 24.3 Å². The second-order valence-corrected chi connectivity index (χ2v) is 23.9. The number of halogens is 6. The van der Waals surface area contributed by atoms with Crippen molar-refractivity contribution in [1.29, 1.82) is 0 Å². The predicted octanol–water partition coefficient (Wildman–Crippen LogP) is 8.75. The quantitative estimate of drug-likeness (QED) is 0.0666. The number of quaternary nitrogens is 2. The number of aliphatic hydroxyl groups is 2. The number of carboxylic acids is 2. The molecule has 4 aromatic rings. The van der Waals surface area contributed by atoms with Gasteiger partial charge < -0.3 is 48.5 Å². The SMILES string of the molecule is O=C(O[C@H]1C[N+]2(CCCc3cccs3)CCC1CC2)[C@@](O)(c1ccccc1)C1CCCCC1.O=C(O[C@H]1C[N+]2(CCc3ccccc3)CCC1CC2)[C@@](O)(c1ccccc1)C1CCCCC1.O=C([O-])C(F)(F)F.O=C([O-])C(F)(F)F. The molecule has 0 unspecified atom stereocenters. The summed E-state index contributed by atoms with van der Waals surface area (Å²) in [5.41, 5.74) is -0.304. The molecule has 0 amide bonds. The van der Waals surface area contributed by atoms with Crippen molar-refractivity contribution in [3.05, 3.63) is 130 Å². The summed E-state index contributed by atoms with van der Waals surface area (Å²) in [5, 5.41) is 43.5. The van der Waals surface area contributed by atoms with Gasteiger partial charge in [-0.25, -0.2) is 9.59 Å². The summed E-state index contributed by atoms with van der Waals surface area (Å²) in [4.78, 5) is 46.5. The lowest BCUT2D eigenvalue weighted by Crippen LogP contribution is -2.65. The number of rotatable bonds is 15. The molecule has 3 aromatic carbocycles. The maximum Gasteiger partial charge on any atom is 0.430 e. The van der Waals surface area contributed by atoms with Crippen molar-refractivity contribution >= 4 is 35.2 Å². The number of alkyl halides is 6. The van der Waals surface area contributed by atoms with Crippen molar-refractivity contribution in [2.24, 2.45) is 23.7 Å². The average Bonchev–Trinajstić information content (AvgIpc) is 3.99. The highest BCUT2D eigenvalue weighted by atomic mass is 32.1. The zero-order valence-corrected chi connectivity index (χ0v) is 46.1. The number of esters is 2. The molecule has 1 aromatic heterocycles. The van der Waals surface area contributed by atoms with E-state index in [1.54, 1.807) is 0 Å². The molecule has 12 rings (SSSR count). The molecular weight excluding hydrogens is 1070 g/mol. The molecule has 0 radical (unpaired) electrons. The summed E-state index contributed by atoms with van der Waals surface area (Å²) in [6.07, 6.45) is 7.50. The van der Waals surface area contributed by atoms with Crippen molar-refractivity contribution in [3.63, 3.8) is 0 Å². The summed E-state index contributed by atoms with van der Waals surface area (Å²) in [6, 6.07) is 34.2. The Balaban J connectivity index is 0.000000187. The highest BCUT2D eigenvalue weighted by Crippen LogP contribution is 2.45. The van der Waals surface area contributed by atoms with Crippen LogP contribution in [0, 0.1) is 23.7 Å². The lowest BCUT2D eigenvalue weighted by molar-refractivity contribution is -0.946. The van der Waals surface area contributed by atoms with E-state index in [-0.39, 0.29) is 24.0 Å². The first-order valence-corrected chi connectivity index (χ1v) is 29.3. The van der Waals surface area contributed by atoms with Gasteiger partial charge in [0.2, 0.25) is 0 Å². The van der Waals surface area contributed by atoms with Crippen LogP contribution >= 0.6 is 11.3 Å². The third-order valence-electron chi connectivity index (χ3n) is 17.9. The normalized spacial score (nSPS) is 26.2. The average molecular weight is 1140 g/mol. The van der Waals surface area contributed by atoms with Crippen LogP contribution in [-0.4, -0.2) is 120 Å². The molecule has 4 atom stereocenters. The molecular formula is C61H76F6N2O10S. The largest absolute Gasteiger partial charge is 0.542 e. The summed E-state index contributed by atoms with van der Waals surface area (Å²) in [5.74, 6) is -6.09. The third kappa shape index (κ3) is 16.0. The summed E-state index contributed by atoms with van der Waals surface area (Å²) >= 11 is 1.84. The third-order valence-corrected chi connectivity index (χ3v) is 18.8. The number of hydrogen-bond acceptors (Lipinski definition) is 11. The van der Waals surface area contributed by atoms with Gasteiger partial charge in [-0.05, 0) is 60.2 Å². The Morgan fingerprint density at radius 3 is 1.25 bits per heavy atom. The second-order valence-electron chi connectivity index (χ2n) is 22.9. The van der Waals surface area contributed by atoms with E-state index in [1.165, 1.54) is 55.9 Å². The van der Waals surface area contributed by atoms with Gasteiger partial charge in [-0.15, -0.1) is 11.3 Å². The molecule has 438 valence electrons. The molecule has 8 fully saturated rings. The Labute approximate surface area is 468 Å². The van der Waals surface area contributed by atoms with E-state index in [1.807, 2.05) is 72.0 Å². The maximum atomic E-state index is 13.7. The summed E-state index contributed by atoms with van der Waals surface area (Å²) < 4.78 is 77.8. The number of aryl methyl sites for hydroxylation is 1. The standard InChI is InChI=1S/C29H38NO3.C28H38NO3S.2C2HF3O2/c31-28(29(32,25-12-6-2-7-13-25)26-14-8-3-9-15-26)33-27-22-30(20-17-24(27)18-21-30)19-16-23-10-4-1-5-11-23;30-27(28(31,23-9-3-1-4-10-23)24-11-5-2-6-12-24)32-26-21-29(18-15-22(26)16-19-29)17-7-13-25-14-8-20-33-25;2*3-2(4,5)1(6)7/h1-2,4-7,10-13,24,26-27,32H,3,8-9,14-22H2;1,3-4,8-10,14,20,22,24,26,31H,2,5-7,11-13,15-19,21H2;2*(H,6,7)/q2*+1;;/p-2/t24?,27-,29+,30?;22?,26-,28+,29?;;/m00../s1. The van der Waals surface area contributed by atoms with Crippen LogP contribution in [0.2, 0.25) is 0 Å². The lowest BCUT2D eigenvalue weighted by Gasteiger charge is -2.52. The molecule has 2 aliphatic carbocycles. The minimum atomic E-state index is -5.19. The van der Waals surface area contributed by atoms with E-state index in [0.717, 1.165) is 125 Å². The molecule has 8 aliphatic rings. The number of thiophene rings is 1. The zero-order chi connectivity index (χ0) is 57.6. The van der Waals surface area contributed by atoms with Gasteiger partial charge in [-0.1, -0.05) is 136 Å². The Hall–Kier alpha value is -5.34. The lowest BCUT2D eigenvalue weighted by atomic mass is 9.73. The first-order valence-electron chi connectivity index (χ1n) is 28.4. The number of fused-ring (bicyclic) bond motifs is 6. The number of carboxylic acid groups (broad SMARTS) is 2. The van der Waals surface area contributed by atoms with E-state index in [9.17, 15) is 46.1 Å². The van der Waals surface area contributed by atoms with Gasteiger partial charge in [-0.3, -0.25) is 0 Å². The Morgan fingerprint density at radius 1 is 0.512 bits per heavy atom. The molecule has 19 heteroatoms. The summed E-state index contributed by atoms with van der Waals surface area (Å²) in [6.45, 7) is 8.81. The minimum absolute atomic E-state index is 0.0591. The number of nitrogens with zero attached hydrogens (tertiary/aromatic N) is 2. The zero-order valence-electron chi connectivity index (χ0n) is 45.3. The van der Waals surface area contributed by atoms with Crippen LogP contribution in [-0.2, 0) is 52.7 Å². The van der Waals surface area contributed by atoms with Crippen molar-refractivity contribution in [2.45, 2.75) is 145 Å². The van der Waals surface area contributed by atoms with Crippen LogP contribution in [0.1, 0.15) is 118 Å². The number of aliphatic carboxylic acids is 2. The van der Waals surface area contributed by atoms with Gasteiger partial charge in [0, 0.05) is 67.1 Å². The summed E-state index contributed by atoms with van der Waals surface area (Å²) in [7, 11) is 0. The fourth-order valence-corrected chi connectivity index (χ4v) is 14.1. The van der Waals surface area contributed by atoms with Gasteiger partial charge in [0.15, 0.2) is 23.4 Å². The van der Waals surface area contributed by atoms with Crippen molar-refractivity contribution in [3.8, 4) is 0 Å². The van der Waals surface area contributed by atoms with Crippen LogP contribution in [0.5, 0.6) is 0 Å². The second kappa shape index (κ2) is 27.6. The van der Waals surface area contributed by atoms with Crippen LogP contribution in [0.3, 0.4) is 0 Å². The number of carbonyl (C=O) groups excluding carboxylic acids is 4. The van der Waals surface area contributed by atoms with Crippen LogP contribution in [0.25, 0.3) is 0 Å². The molecule has 4 bridgehead atoms. The minimum Gasteiger partial charge on any atom is -0.542 e. The Bertz CT molecular complexity index is 2540. The van der Waals surface area contributed by atoms with Crippen molar-refractivity contribution in [2.75, 3.05) is 52.4 Å². The Kier molecular flexibility index (Phi) is 21.5. The van der Waals surface area contributed by atoms with E-state index >= 15 is 0 Å². The smallest absolute Gasteiger partial charge is 0.430 e.